The van der Waals surface area contributed by atoms with Gasteiger partial charge in [-0.05, 0) is 49.1 Å². The van der Waals surface area contributed by atoms with Crippen molar-refractivity contribution in [1.29, 1.82) is 0 Å². The summed E-state index contributed by atoms with van der Waals surface area (Å²) in [4.78, 5) is 13.2. The largest absolute Gasteiger partial charge is 0.346 e. The van der Waals surface area contributed by atoms with Gasteiger partial charge in [0.1, 0.15) is 5.82 Å². The Morgan fingerprint density at radius 3 is 2.50 bits per heavy atom. The topological polar surface area (TPSA) is 29.1 Å². The Balaban J connectivity index is 2.06. The maximum absolute atomic E-state index is 13.1. The Bertz CT molecular complexity index is 598. The number of amides is 1. The highest BCUT2D eigenvalue weighted by Gasteiger charge is 2.11. The van der Waals surface area contributed by atoms with E-state index in [9.17, 15) is 9.18 Å². The van der Waals surface area contributed by atoms with Crippen molar-refractivity contribution in [2.75, 3.05) is 6.26 Å². The number of hydrogen-bond acceptors (Lipinski definition) is 2. The molecule has 20 heavy (non-hydrogen) atoms. The normalized spacial score (nSPS) is 11.9. The number of nitrogens with one attached hydrogen (secondary N) is 1. The van der Waals surface area contributed by atoms with E-state index < -0.39 is 5.82 Å². The van der Waals surface area contributed by atoms with Gasteiger partial charge in [-0.1, -0.05) is 18.2 Å². The van der Waals surface area contributed by atoms with Gasteiger partial charge >= 0.3 is 0 Å². The summed E-state index contributed by atoms with van der Waals surface area (Å²) in [5.41, 5.74) is 1.35. The van der Waals surface area contributed by atoms with Crippen molar-refractivity contribution in [2.24, 2.45) is 0 Å². The molecule has 0 aliphatic heterocycles. The van der Waals surface area contributed by atoms with Crippen LogP contribution in [0.1, 0.15) is 28.9 Å². The molecule has 2 aromatic rings. The fraction of sp³-hybridized carbons (Fsp3) is 0.188. The molecule has 1 atom stereocenters. The van der Waals surface area contributed by atoms with Gasteiger partial charge in [-0.25, -0.2) is 4.39 Å². The number of benzene rings is 2. The summed E-state index contributed by atoms with van der Waals surface area (Å²) >= 11 is 1.67. The van der Waals surface area contributed by atoms with Gasteiger partial charge in [-0.15, -0.1) is 11.8 Å². The number of rotatable bonds is 4. The molecule has 2 rings (SSSR count). The minimum absolute atomic E-state index is 0.123. The van der Waals surface area contributed by atoms with E-state index in [2.05, 4.69) is 5.32 Å². The van der Waals surface area contributed by atoms with Gasteiger partial charge < -0.3 is 5.32 Å². The van der Waals surface area contributed by atoms with Crippen LogP contribution in [0.5, 0.6) is 0 Å². The average Bonchev–Trinajstić information content (AvgIpc) is 2.47. The SMILES string of the molecule is CSc1ccc([C@H](C)NC(=O)c2cccc(F)c2)cc1. The first-order chi connectivity index (χ1) is 9.60. The van der Waals surface area contributed by atoms with Gasteiger partial charge in [0.05, 0.1) is 6.04 Å². The Morgan fingerprint density at radius 1 is 1.20 bits per heavy atom. The molecule has 0 saturated carbocycles. The first-order valence-electron chi connectivity index (χ1n) is 6.30. The first-order valence-corrected chi connectivity index (χ1v) is 7.53. The number of halogens is 1. The van der Waals surface area contributed by atoms with Crippen molar-refractivity contribution >= 4 is 17.7 Å². The van der Waals surface area contributed by atoms with Crippen LogP contribution in [0.4, 0.5) is 4.39 Å². The monoisotopic (exact) mass is 289 g/mol. The molecule has 0 aliphatic rings. The summed E-state index contributed by atoms with van der Waals surface area (Å²) in [6.45, 7) is 1.91. The van der Waals surface area contributed by atoms with Crippen LogP contribution in [-0.2, 0) is 0 Å². The number of carbonyl (C=O) groups excluding carboxylic acids is 1. The van der Waals surface area contributed by atoms with Crippen LogP contribution < -0.4 is 5.32 Å². The van der Waals surface area contributed by atoms with Gasteiger partial charge in [0.2, 0.25) is 0 Å². The van der Waals surface area contributed by atoms with E-state index in [1.165, 1.54) is 23.1 Å². The predicted molar refractivity (Wildman–Crippen MR) is 80.5 cm³/mol. The summed E-state index contributed by atoms with van der Waals surface area (Å²) in [6.07, 6.45) is 2.02. The molecule has 2 aromatic carbocycles. The van der Waals surface area contributed by atoms with E-state index in [4.69, 9.17) is 0 Å². The lowest BCUT2D eigenvalue weighted by Gasteiger charge is -2.14. The highest BCUT2D eigenvalue weighted by atomic mass is 32.2. The highest BCUT2D eigenvalue weighted by Crippen LogP contribution is 2.19. The van der Waals surface area contributed by atoms with Gasteiger partial charge in [0.25, 0.3) is 5.91 Å². The first kappa shape index (κ1) is 14.6. The van der Waals surface area contributed by atoms with Crippen LogP contribution >= 0.6 is 11.8 Å². The Kier molecular flexibility index (Phi) is 4.79. The van der Waals surface area contributed by atoms with Gasteiger partial charge in [0, 0.05) is 10.5 Å². The number of carbonyl (C=O) groups is 1. The Labute approximate surface area is 122 Å². The van der Waals surface area contributed by atoms with Gasteiger partial charge in [-0.2, -0.15) is 0 Å². The highest BCUT2D eigenvalue weighted by molar-refractivity contribution is 7.98. The summed E-state index contributed by atoms with van der Waals surface area (Å²) in [5, 5.41) is 2.86. The van der Waals surface area contributed by atoms with Crippen LogP contribution in [0.25, 0.3) is 0 Å². The molecule has 104 valence electrons. The standard InChI is InChI=1S/C16H16FNOS/c1-11(12-6-8-15(20-2)9-7-12)18-16(19)13-4-3-5-14(17)10-13/h3-11H,1-2H3,(H,18,19)/t11-/m0/s1. The van der Waals surface area contributed by atoms with E-state index >= 15 is 0 Å². The minimum Gasteiger partial charge on any atom is -0.346 e. The second-order valence-corrected chi connectivity index (χ2v) is 5.36. The third-order valence-corrected chi connectivity index (χ3v) is 3.79. The molecule has 0 heterocycles. The van der Waals surface area contributed by atoms with E-state index in [1.807, 2.05) is 37.4 Å². The third kappa shape index (κ3) is 3.61. The molecule has 0 fully saturated rings. The molecule has 0 aromatic heterocycles. The van der Waals surface area contributed by atoms with Crippen molar-refractivity contribution in [3.63, 3.8) is 0 Å². The molecule has 0 bridgehead atoms. The summed E-state index contributed by atoms with van der Waals surface area (Å²) in [6, 6.07) is 13.6. The second kappa shape index (κ2) is 6.57. The minimum atomic E-state index is -0.408. The summed E-state index contributed by atoms with van der Waals surface area (Å²) in [7, 11) is 0. The third-order valence-electron chi connectivity index (χ3n) is 3.05. The fourth-order valence-electron chi connectivity index (χ4n) is 1.89. The molecule has 0 aliphatic carbocycles. The zero-order valence-corrected chi connectivity index (χ0v) is 12.2. The Hall–Kier alpha value is -1.81. The van der Waals surface area contributed by atoms with Crippen LogP contribution in [-0.4, -0.2) is 12.2 Å². The molecule has 1 N–H and O–H groups in total. The van der Waals surface area contributed by atoms with E-state index in [0.717, 1.165) is 5.56 Å². The van der Waals surface area contributed by atoms with Crippen molar-refractivity contribution in [3.05, 3.63) is 65.5 Å². The van der Waals surface area contributed by atoms with Crippen LogP contribution in [0, 0.1) is 5.82 Å². The van der Waals surface area contributed by atoms with Crippen molar-refractivity contribution in [3.8, 4) is 0 Å². The molecular weight excluding hydrogens is 273 g/mol. The average molecular weight is 289 g/mol. The lowest BCUT2D eigenvalue weighted by Crippen LogP contribution is -2.26. The maximum atomic E-state index is 13.1. The number of hydrogen-bond donors (Lipinski definition) is 1. The molecule has 4 heteroatoms. The second-order valence-electron chi connectivity index (χ2n) is 4.48. The van der Waals surface area contributed by atoms with Gasteiger partial charge in [-0.3, -0.25) is 4.79 Å². The predicted octanol–water partition coefficient (Wildman–Crippen LogP) is 4.04. The lowest BCUT2D eigenvalue weighted by molar-refractivity contribution is 0.0939. The van der Waals surface area contributed by atoms with E-state index in [1.54, 1.807) is 17.8 Å². The number of thioether (sulfide) groups is 1. The molecule has 0 saturated heterocycles. The van der Waals surface area contributed by atoms with E-state index in [0.29, 0.717) is 5.56 Å². The van der Waals surface area contributed by atoms with Crippen LogP contribution in [0.15, 0.2) is 53.4 Å². The zero-order chi connectivity index (χ0) is 14.5. The van der Waals surface area contributed by atoms with Crippen LogP contribution in [0.2, 0.25) is 0 Å². The summed E-state index contributed by atoms with van der Waals surface area (Å²) < 4.78 is 13.1. The lowest BCUT2D eigenvalue weighted by atomic mass is 10.1. The Morgan fingerprint density at radius 2 is 1.90 bits per heavy atom. The molecule has 0 unspecified atom stereocenters. The molecule has 2 nitrogen and oxygen atoms in total. The molecule has 0 spiro atoms. The smallest absolute Gasteiger partial charge is 0.251 e. The van der Waals surface area contributed by atoms with Crippen molar-refractivity contribution < 1.29 is 9.18 Å². The maximum Gasteiger partial charge on any atom is 0.251 e. The van der Waals surface area contributed by atoms with Gasteiger partial charge in [0.15, 0.2) is 0 Å². The molecule has 0 radical (unpaired) electrons. The van der Waals surface area contributed by atoms with Crippen LogP contribution in [0.3, 0.4) is 0 Å². The van der Waals surface area contributed by atoms with Crippen molar-refractivity contribution in [2.45, 2.75) is 17.9 Å². The zero-order valence-electron chi connectivity index (χ0n) is 11.4. The molecular formula is C16H16FNOS. The molecule has 1 amide bonds. The fourth-order valence-corrected chi connectivity index (χ4v) is 2.29. The van der Waals surface area contributed by atoms with Crippen molar-refractivity contribution in [1.82, 2.24) is 5.32 Å². The summed E-state index contributed by atoms with van der Waals surface area (Å²) in [5.74, 6) is -0.680. The van der Waals surface area contributed by atoms with E-state index in [-0.39, 0.29) is 11.9 Å². The quantitative estimate of drug-likeness (QED) is 0.861.